The Labute approximate surface area is 101 Å². The number of aromatic carboxylic acids is 1. The molecule has 3 rings (SSSR count). The minimum Gasteiger partial charge on any atom is -0.477 e. The molecule has 1 aromatic heterocycles. The molecule has 2 aromatic rings. The molecule has 82 valence electrons. The standard InChI is InChI=1S/C12H10BrNO2/c13-8-1-4-10-7(5-8)6-11(12(15)16)14(10)9-2-3-9/h1,4-6,9H,2-3H2,(H,15,16). The van der Waals surface area contributed by atoms with Crippen molar-refractivity contribution in [1.82, 2.24) is 4.57 Å². The second kappa shape index (κ2) is 3.35. The zero-order valence-corrected chi connectivity index (χ0v) is 10.1. The van der Waals surface area contributed by atoms with Crippen molar-refractivity contribution in [2.75, 3.05) is 0 Å². The number of hydrogen-bond donors (Lipinski definition) is 1. The lowest BCUT2D eigenvalue weighted by Gasteiger charge is -2.05. The predicted molar refractivity (Wildman–Crippen MR) is 64.9 cm³/mol. The molecule has 1 aromatic carbocycles. The van der Waals surface area contributed by atoms with E-state index in [2.05, 4.69) is 15.9 Å². The number of nitrogens with zero attached hydrogens (tertiary/aromatic N) is 1. The normalized spacial score (nSPS) is 15.6. The van der Waals surface area contributed by atoms with Crippen molar-refractivity contribution in [1.29, 1.82) is 0 Å². The van der Waals surface area contributed by atoms with E-state index in [4.69, 9.17) is 0 Å². The molecule has 16 heavy (non-hydrogen) atoms. The first-order valence-corrected chi connectivity index (χ1v) is 6.00. The Bertz CT molecular complexity index is 584. The van der Waals surface area contributed by atoms with Gasteiger partial charge in [0.05, 0.1) is 0 Å². The Morgan fingerprint density at radius 1 is 1.38 bits per heavy atom. The van der Waals surface area contributed by atoms with Gasteiger partial charge in [-0.15, -0.1) is 0 Å². The van der Waals surface area contributed by atoms with Gasteiger partial charge in [0.25, 0.3) is 0 Å². The van der Waals surface area contributed by atoms with Gasteiger partial charge in [-0.2, -0.15) is 0 Å². The van der Waals surface area contributed by atoms with Crippen molar-refractivity contribution in [2.45, 2.75) is 18.9 Å². The van der Waals surface area contributed by atoms with Crippen LogP contribution in [0.25, 0.3) is 10.9 Å². The van der Waals surface area contributed by atoms with Crippen LogP contribution in [0.2, 0.25) is 0 Å². The molecular weight excluding hydrogens is 270 g/mol. The second-order valence-corrected chi connectivity index (χ2v) is 5.05. The molecule has 1 aliphatic rings. The summed E-state index contributed by atoms with van der Waals surface area (Å²) in [5.74, 6) is -0.848. The predicted octanol–water partition coefficient (Wildman–Crippen LogP) is 3.44. The smallest absolute Gasteiger partial charge is 0.352 e. The molecular formula is C12H10BrNO2. The molecule has 4 heteroatoms. The van der Waals surface area contributed by atoms with E-state index in [0.717, 1.165) is 28.2 Å². The number of halogens is 1. The summed E-state index contributed by atoms with van der Waals surface area (Å²) in [7, 11) is 0. The Balaban J connectivity index is 2.32. The molecule has 1 fully saturated rings. The second-order valence-electron chi connectivity index (χ2n) is 4.14. The highest BCUT2D eigenvalue weighted by Gasteiger charge is 2.29. The van der Waals surface area contributed by atoms with Crippen LogP contribution in [0.3, 0.4) is 0 Å². The van der Waals surface area contributed by atoms with E-state index in [1.807, 2.05) is 22.8 Å². The van der Waals surface area contributed by atoms with Gasteiger partial charge >= 0.3 is 5.97 Å². The lowest BCUT2D eigenvalue weighted by atomic mass is 10.2. The first-order valence-electron chi connectivity index (χ1n) is 5.20. The zero-order chi connectivity index (χ0) is 11.3. The maximum Gasteiger partial charge on any atom is 0.352 e. The third-order valence-electron chi connectivity index (χ3n) is 2.93. The highest BCUT2D eigenvalue weighted by molar-refractivity contribution is 9.10. The summed E-state index contributed by atoms with van der Waals surface area (Å²) in [4.78, 5) is 11.2. The topological polar surface area (TPSA) is 42.2 Å². The monoisotopic (exact) mass is 279 g/mol. The van der Waals surface area contributed by atoms with Crippen molar-refractivity contribution < 1.29 is 9.90 Å². The summed E-state index contributed by atoms with van der Waals surface area (Å²) in [6, 6.07) is 8.02. The number of fused-ring (bicyclic) bond motifs is 1. The van der Waals surface area contributed by atoms with Gasteiger partial charge in [0, 0.05) is 21.4 Å². The molecule has 0 aliphatic heterocycles. The molecule has 1 heterocycles. The maximum atomic E-state index is 11.2. The third kappa shape index (κ3) is 1.45. The number of carboxylic acid groups (broad SMARTS) is 1. The van der Waals surface area contributed by atoms with Crippen LogP contribution in [0.5, 0.6) is 0 Å². The summed E-state index contributed by atoms with van der Waals surface area (Å²) < 4.78 is 2.93. The maximum absolute atomic E-state index is 11.2. The van der Waals surface area contributed by atoms with Crippen LogP contribution >= 0.6 is 15.9 Å². The minimum atomic E-state index is -0.848. The van der Waals surface area contributed by atoms with Gasteiger partial charge < -0.3 is 9.67 Å². The summed E-state index contributed by atoms with van der Waals surface area (Å²) in [5, 5.41) is 10.2. The largest absolute Gasteiger partial charge is 0.477 e. The van der Waals surface area contributed by atoms with Crippen LogP contribution in [-0.2, 0) is 0 Å². The molecule has 0 bridgehead atoms. The van der Waals surface area contributed by atoms with E-state index in [9.17, 15) is 9.90 Å². The lowest BCUT2D eigenvalue weighted by Crippen LogP contribution is -2.06. The van der Waals surface area contributed by atoms with Crippen LogP contribution in [-0.4, -0.2) is 15.6 Å². The van der Waals surface area contributed by atoms with Crippen LogP contribution in [0.4, 0.5) is 0 Å². The molecule has 0 saturated heterocycles. The lowest BCUT2D eigenvalue weighted by molar-refractivity contribution is 0.0685. The first kappa shape index (κ1) is 9.90. The van der Waals surface area contributed by atoms with Gasteiger partial charge in [-0.05, 0) is 37.1 Å². The first-order chi connectivity index (χ1) is 7.66. The molecule has 3 nitrogen and oxygen atoms in total. The summed E-state index contributed by atoms with van der Waals surface area (Å²) in [5.41, 5.74) is 1.42. The fraction of sp³-hybridized carbons (Fsp3) is 0.250. The Morgan fingerprint density at radius 2 is 2.12 bits per heavy atom. The van der Waals surface area contributed by atoms with E-state index in [1.54, 1.807) is 6.07 Å². The Kier molecular flexibility index (Phi) is 2.07. The molecule has 1 aliphatic carbocycles. The highest BCUT2D eigenvalue weighted by atomic mass is 79.9. The molecule has 0 radical (unpaired) electrons. The number of aromatic nitrogens is 1. The van der Waals surface area contributed by atoms with E-state index in [0.29, 0.717) is 11.7 Å². The highest BCUT2D eigenvalue weighted by Crippen LogP contribution is 2.40. The molecule has 1 N–H and O–H groups in total. The number of rotatable bonds is 2. The number of carboxylic acids is 1. The van der Waals surface area contributed by atoms with E-state index < -0.39 is 5.97 Å². The van der Waals surface area contributed by atoms with E-state index >= 15 is 0 Å². The average Bonchev–Trinajstić information content (AvgIpc) is 2.99. The van der Waals surface area contributed by atoms with Gasteiger partial charge in [0.1, 0.15) is 5.69 Å². The number of benzene rings is 1. The average molecular weight is 280 g/mol. The molecule has 0 atom stereocenters. The fourth-order valence-electron chi connectivity index (χ4n) is 2.10. The zero-order valence-electron chi connectivity index (χ0n) is 8.48. The summed E-state index contributed by atoms with van der Waals surface area (Å²) in [6.45, 7) is 0. The van der Waals surface area contributed by atoms with Gasteiger partial charge in [0.2, 0.25) is 0 Å². The quantitative estimate of drug-likeness (QED) is 0.915. The van der Waals surface area contributed by atoms with Gasteiger partial charge in [-0.3, -0.25) is 0 Å². The van der Waals surface area contributed by atoms with Crippen molar-refractivity contribution in [3.63, 3.8) is 0 Å². The number of hydrogen-bond acceptors (Lipinski definition) is 1. The number of carbonyl (C=O) groups is 1. The van der Waals surface area contributed by atoms with Crippen LogP contribution in [0.15, 0.2) is 28.7 Å². The Hall–Kier alpha value is -1.29. The van der Waals surface area contributed by atoms with Crippen molar-refractivity contribution in [3.8, 4) is 0 Å². The van der Waals surface area contributed by atoms with Gasteiger partial charge in [-0.1, -0.05) is 15.9 Å². The van der Waals surface area contributed by atoms with Crippen LogP contribution in [0, 0.1) is 0 Å². The summed E-state index contributed by atoms with van der Waals surface area (Å²) >= 11 is 3.40. The van der Waals surface area contributed by atoms with Crippen molar-refractivity contribution >= 4 is 32.8 Å². The van der Waals surface area contributed by atoms with Crippen molar-refractivity contribution in [3.05, 3.63) is 34.4 Å². The fourth-order valence-corrected chi connectivity index (χ4v) is 2.48. The molecule has 0 unspecified atom stereocenters. The van der Waals surface area contributed by atoms with Crippen LogP contribution in [0.1, 0.15) is 29.4 Å². The minimum absolute atomic E-state index is 0.379. The Morgan fingerprint density at radius 3 is 2.75 bits per heavy atom. The van der Waals surface area contributed by atoms with Gasteiger partial charge in [0.15, 0.2) is 0 Å². The SMILES string of the molecule is O=C(O)c1cc2cc(Br)ccc2n1C1CC1. The molecule has 1 saturated carbocycles. The molecule has 0 amide bonds. The third-order valence-corrected chi connectivity index (χ3v) is 3.43. The van der Waals surface area contributed by atoms with Crippen molar-refractivity contribution in [2.24, 2.45) is 0 Å². The van der Waals surface area contributed by atoms with Crippen LogP contribution < -0.4 is 0 Å². The van der Waals surface area contributed by atoms with Gasteiger partial charge in [-0.25, -0.2) is 4.79 Å². The van der Waals surface area contributed by atoms with E-state index in [-0.39, 0.29) is 0 Å². The summed E-state index contributed by atoms with van der Waals surface area (Å²) in [6.07, 6.45) is 2.17. The van der Waals surface area contributed by atoms with E-state index in [1.165, 1.54) is 0 Å². The molecule has 0 spiro atoms.